The molecular formula is C16H25NO. The van der Waals surface area contributed by atoms with Crippen molar-refractivity contribution >= 4 is 0 Å². The van der Waals surface area contributed by atoms with Crippen LogP contribution in [0.1, 0.15) is 49.3 Å². The highest BCUT2D eigenvalue weighted by atomic mass is 16.5. The van der Waals surface area contributed by atoms with Gasteiger partial charge in [0.2, 0.25) is 0 Å². The molecule has 0 aromatic heterocycles. The SMILES string of the molecule is COCCc1ccc(C(N)CC2CCCC2)cc1. The van der Waals surface area contributed by atoms with Crippen LogP contribution in [0.5, 0.6) is 0 Å². The van der Waals surface area contributed by atoms with Gasteiger partial charge in [-0.3, -0.25) is 0 Å². The molecule has 1 aromatic carbocycles. The summed E-state index contributed by atoms with van der Waals surface area (Å²) in [6.45, 7) is 0.785. The molecule has 1 aromatic rings. The number of nitrogens with two attached hydrogens (primary N) is 1. The second kappa shape index (κ2) is 6.91. The molecule has 0 amide bonds. The van der Waals surface area contributed by atoms with Gasteiger partial charge in [-0.25, -0.2) is 0 Å². The zero-order valence-corrected chi connectivity index (χ0v) is 11.4. The van der Waals surface area contributed by atoms with Crippen molar-refractivity contribution in [1.29, 1.82) is 0 Å². The summed E-state index contributed by atoms with van der Waals surface area (Å²) in [4.78, 5) is 0. The van der Waals surface area contributed by atoms with Crippen molar-refractivity contribution in [2.45, 2.75) is 44.6 Å². The Morgan fingerprint density at radius 3 is 2.50 bits per heavy atom. The van der Waals surface area contributed by atoms with E-state index < -0.39 is 0 Å². The summed E-state index contributed by atoms with van der Waals surface area (Å²) < 4.78 is 5.09. The van der Waals surface area contributed by atoms with Crippen molar-refractivity contribution in [3.63, 3.8) is 0 Å². The molecule has 2 nitrogen and oxygen atoms in total. The molecule has 100 valence electrons. The predicted molar refractivity (Wildman–Crippen MR) is 75.5 cm³/mol. The van der Waals surface area contributed by atoms with E-state index in [4.69, 9.17) is 10.5 Å². The summed E-state index contributed by atoms with van der Waals surface area (Å²) in [5, 5.41) is 0. The van der Waals surface area contributed by atoms with E-state index in [9.17, 15) is 0 Å². The lowest BCUT2D eigenvalue weighted by Gasteiger charge is -2.17. The molecule has 18 heavy (non-hydrogen) atoms. The Balaban J connectivity index is 1.87. The van der Waals surface area contributed by atoms with Crippen molar-refractivity contribution in [2.75, 3.05) is 13.7 Å². The predicted octanol–water partition coefficient (Wildman–Crippen LogP) is 3.46. The van der Waals surface area contributed by atoms with E-state index in [1.165, 1.54) is 36.8 Å². The Labute approximate surface area is 111 Å². The van der Waals surface area contributed by atoms with Gasteiger partial charge in [0.15, 0.2) is 0 Å². The summed E-state index contributed by atoms with van der Waals surface area (Å²) in [6.07, 6.45) is 7.67. The van der Waals surface area contributed by atoms with E-state index in [0.29, 0.717) is 0 Å². The molecule has 1 unspecified atom stereocenters. The quantitative estimate of drug-likeness (QED) is 0.835. The molecule has 0 bridgehead atoms. The zero-order chi connectivity index (χ0) is 12.8. The van der Waals surface area contributed by atoms with Crippen LogP contribution < -0.4 is 5.73 Å². The van der Waals surface area contributed by atoms with Crippen molar-refractivity contribution in [2.24, 2.45) is 11.7 Å². The Kier molecular flexibility index (Phi) is 5.21. The van der Waals surface area contributed by atoms with Crippen molar-refractivity contribution in [1.82, 2.24) is 0 Å². The molecule has 0 heterocycles. The summed E-state index contributed by atoms with van der Waals surface area (Å²) in [5.74, 6) is 0.855. The molecule has 1 saturated carbocycles. The smallest absolute Gasteiger partial charge is 0.0502 e. The zero-order valence-electron chi connectivity index (χ0n) is 11.4. The lowest BCUT2D eigenvalue weighted by atomic mass is 9.93. The highest BCUT2D eigenvalue weighted by Crippen LogP contribution is 2.31. The molecule has 2 heteroatoms. The van der Waals surface area contributed by atoms with E-state index in [0.717, 1.165) is 25.4 Å². The minimum absolute atomic E-state index is 0.213. The van der Waals surface area contributed by atoms with Crippen molar-refractivity contribution in [3.8, 4) is 0 Å². The Morgan fingerprint density at radius 1 is 1.22 bits per heavy atom. The van der Waals surface area contributed by atoms with E-state index >= 15 is 0 Å². The van der Waals surface area contributed by atoms with Gasteiger partial charge in [-0.05, 0) is 29.9 Å². The van der Waals surface area contributed by atoms with E-state index in [1.807, 2.05) is 0 Å². The van der Waals surface area contributed by atoms with Gasteiger partial charge in [-0.1, -0.05) is 49.9 Å². The summed E-state index contributed by atoms with van der Waals surface area (Å²) >= 11 is 0. The first-order chi connectivity index (χ1) is 8.79. The maximum absolute atomic E-state index is 6.30. The van der Waals surface area contributed by atoms with Crippen LogP contribution in [0.3, 0.4) is 0 Å². The van der Waals surface area contributed by atoms with Gasteiger partial charge in [-0.2, -0.15) is 0 Å². The minimum Gasteiger partial charge on any atom is -0.384 e. The second-order valence-electron chi connectivity index (χ2n) is 5.48. The first kappa shape index (κ1) is 13.6. The topological polar surface area (TPSA) is 35.2 Å². The third-order valence-corrected chi connectivity index (χ3v) is 4.06. The van der Waals surface area contributed by atoms with Crippen LogP contribution in [-0.4, -0.2) is 13.7 Å². The molecule has 0 radical (unpaired) electrons. The van der Waals surface area contributed by atoms with Crippen LogP contribution in [0.4, 0.5) is 0 Å². The molecule has 1 aliphatic carbocycles. The molecule has 0 saturated heterocycles. The van der Waals surface area contributed by atoms with Crippen molar-refractivity contribution < 1.29 is 4.74 Å². The number of hydrogen-bond acceptors (Lipinski definition) is 2. The standard InChI is InChI=1S/C16H25NO/c1-18-11-10-13-6-8-15(9-7-13)16(17)12-14-4-2-3-5-14/h6-9,14,16H,2-5,10-12,17H2,1H3. The number of rotatable bonds is 6. The number of ether oxygens (including phenoxy) is 1. The number of benzene rings is 1. The fourth-order valence-corrected chi connectivity index (χ4v) is 2.89. The summed E-state index contributed by atoms with van der Waals surface area (Å²) in [6, 6.07) is 8.95. The molecule has 0 spiro atoms. The maximum Gasteiger partial charge on any atom is 0.0502 e. The first-order valence-corrected chi connectivity index (χ1v) is 7.13. The fraction of sp³-hybridized carbons (Fsp3) is 0.625. The van der Waals surface area contributed by atoms with Crippen molar-refractivity contribution in [3.05, 3.63) is 35.4 Å². The third kappa shape index (κ3) is 3.82. The van der Waals surface area contributed by atoms with Crippen LogP contribution in [-0.2, 0) is 11.2 Å². The van der Waals surface area contributed by atoms with E-state index in [1.54, 1.807) is 7.11 Å². The van der Waals surface area contributed by atoms with Gasteiger partial charge >= 0.3 is 0 Å². The highest BCUT2D eigenvalue weighted by molar-refractivity contribution is 5.25. The lowest BCUT2D eigenvalue weighted by Crippen LogP contribution is -2.14. The van der Waals surface area contributed by atoms with E-state index in [2.05, 4.69) is 24.3 Å². The van der Waals surface area contributed by atoms with Gasteiger partial charge in [0.25, 0.3) is 0 Å². The number of hydrogen-bond donors (Lipinski definition) is 1. The average Bonchev–Trinajstić information content (AvgIpc) is 2.89. The molecule has 0 aliphatic heterocycles. The Hall–Kier alpha value is -0.860. The molecule has 1 fully saturated rings. The largest absolute Gasteiger partial charge is 0.384 e. The normalized spacial score (nSPS) is 18.1. The second-order valence-corrected chi connectivity index (χ2v) is 5.48. The third-order valence-electron chi connectivity index (χ3n) is 4.06. The van der Waals surface area contributed by atoms with Gasteiger partial charge in [0.1, 0.15) is 0 Å². The molecule has 1 atom stereocenters. The first-order valence-electron chi connectivity index (χ1n) is 7.13. The van der Waals surface area contributed by atoms with Gasteiger partial charge in [0.05, 0.1) is 6.61 Å². The van der Waals surface area contributed by atoms with Gasteiger partial charge in [-0.15, -0.1) is 0 Å². The van der Waals surface area contributed by atoms with Gasteiger partial charge < -0.3 is 10.5 Å². The maximum atomic E-state index is 6.30. The molecule has 1 aliphatic rings. The number of methoxy groups -OCH3 is 1. The Bertz CT molecular complexity index is 341. The van der Waals surface area contributed by atoms with Gasteiger partial charge in [0, 0.05) is 13.2 Å². The highest BCUT2D eigenvalue weighted by Gasteiger charge is 2.18. The lowest BCUT2D eigenvalue weighted by molar-refractivity contribution is 0.202. The molecular weight excluding hydrogens is 222 g/mol. The molecule has 2 N–H and O–H groups in total. The fourth-order valence-electron chi connectivity index (χ4n) is 2.89. The molecule has 2 rings (SSSR count). The van der Waals surface area contributed by atoms with E-state index in [-0.39, 0.29) is 6.04 Å². The van der Waals surface area contributed by atoms with Crippen LogP contribution in [0.25, 0.3) is 0 Å². The monoisotopic (exact) mass is 247 g/mol. The van der Waals surface area contributed by atoms with Crippen LogP contribution in [0.2, 0.25) is 0 Å². The Morgan fingerprint density at radius 2 is 1.89 bits per heavy atom. The summed E-state index contributed by atoms with van der Waals surface area (Å²) in [7, 11) is 1.74. The van der Waals surface area contributed by atoms with Crippen LogP contribution in [0.15, 0.2) is 24.3 Å². The van der Waals surface area contributed by atoms with Crippen LogP contribution in [0, 0.1) is 5.92 Å². The van der Waals surface area contributed by atoms with Crippen LogP contribution >= 0.6 is 0 Å². The summed E-state index contributed by atoms with van der Waals surface area (Å²) in [5.41, 5.74) is 8.91. The minimum atomic E-state index is 0.213. The average molecular weight is 247 g/mol.